The van der Waals surface area contributed by atoms with Crippen molar-refractivity contribution in [3.8, 4) is 0 Å². The van der Waals surface area contributed by atoms with Crippen LogP contribution in [-0.4, -0.2) is 51.1 Å². The highest BCUT2D eigenvalue weighted by molar-refractivity contribution is 7.91. The van der Waals surface area contributed by atoms with Gasteiger partial charge in [0.25, 0.3) is 5.91 Å². The molecule has 9 heteroatoms. The highest BCUT2D eigenvalue weighted by atomic mass is 32.2. The monoisotopic (exact) mass is 342 g/mol. The Hall–Kier alpha value is -2.13. The third-order valence-corrected chi connectivity index (χ3v) is 5.15. The maximum absolute atomic E-state index is 12.7. The number of benzene rings is 1. The molecule has 0 saturated heterocycles. The lowest BCUT2D eigenvalue weighted by Gasteiger charge is -2.38. The van der Waals surface area contributed by atoms with Crippen LogP contribution in [0.3, 0.4) is 0 Å². The second-order valence-corrected chi connectivity index (χ2v) is 6.88. The number of fused-ring (bicyclic) bond motifs is 1. The first-order valence-electron chi connectivity index (χ1n) is 6.90. The molecule has 0 fully saturated rings. The Morgan fingerprint density at radius 3 is 2.52 bits per heavy atom. The molecule has 1 heterocycles. The predicted octanol–water partition coefficient (Wildman–Crippen LogP) is 0.749. The van der Waals surface area contributed by atoms with E-state index in [-0.39, 0.29) is 17.9 Å². The van der Waals surface area contributed by atoms with Gasteiger partial charge in [-0.2, -0.15) is 8.42 Å². The van der Waals surface area contributed by atoms with Crippen LogP contribution < -0.4 is 4.31 Å². The number of rotatable bonds is 5. The first-order chi connectivity index (χ1) is 10.8. The molecule has 0 saturated carbocycles. The topological polar surface area (TPSA) is 93.2 Å². The van der Waals surface area contributed by atoms with Crippen molar-refractivity contribution in [3.63, 3.8) is 0 Å². The number of nitrogens with zero attached hydrogens (tertiary/aromatic N) is 2. The SMILES string of the molecule is COCC(=O)OCN1c2ccccc2C(=O)N(C(C)C)S1(=O)=O. The zero-order valence-electron chi connectivity index (χ0n) is 13.1. The summed E-state index contributed by atoms with van der Waals surface area (Å²) >= 11 is 0. The van der Waals surface area contributed by atoms with Crippen LogP contribution in [0, 0.1) is 0 Å². The smallest absolute Gasteiger partial charge is 0.333 e. The van der Waals surface area contributed by atoms with E-state index in [4.69, 9.17) is 4.74 Å². The minimum absolute atomic E-state index is 0.180. The maximum atomic E-state index is 12.7. The highest BCUT2D eigenvalue weighted by Gasteiger charge is 2.43. The normalized spacial score (nSPS) is 16.4. The van der Waals surface area contributed by atoms with Crippen LogP contribution in [0.1, 0.15) is 24.2 Å². The van der Waals surface area contributed by atoms with Gasteiger partial charge in [-0.3, -0.25) is 4.79 Å². The van der Waals surface area contributed by atoms with E-state index in [1.807, 2.05) is 0 Å². The van der Waals surface area contributed by atoms with Gasteiger partial charge in [-0.25, -0.2) is 13.4 Å². The Morgan fingerprint density at radius 1 is 1.26 bits per heavy atom. The Labute approximate surface area is 134 Å². The lowest BCUT2D eigenvalue weighted by atomic mass is 10.1. The number of para-hydroxylation sites is 1. The third kappa shape index (κ3) is 3.15. The Balaban J connectivity index is 2.43. The van der Waals surface area contributed by atoms with Crippen molar-refractivity contribution in [2.45, 2.75) is 19.9 Å². The lowest BCUT2D eigenvalue weighted by molar-refractivity contribution is -0.147. The first-order valence-corrected chi connectivity index (χ1v) is 8.30. The van der Waals surface area contributed by atoms with Crippen molar-refractivity contribution in [3.05, 3.63) is 29.8 Å². The van der Waals surface area contributed by atoms with Crippen LogP contribution in [-0.2, 0) is 24.5 Å². The molecule has 1 aliphatic rings. The third-order valence-electron chi connectivity index (χ3n) is 3.20. The van der Waals surface area contributed by atoms with E-state index in [1.165, 1.54) is 19.2 Å². The average molecular weight is 342 g/mol. The van der Waals surface area contributed by atoms with Crippen molar-refractivity contribution in [2.24, 2.45) is 0 Å². The summed E-state index contributed by atoms with van der Waals surface area (Å²) in [6.07, 6.45) is 0. The van der Waals surface area contributed by atoms with Crippen LogP contribution >= 0.6 is 0 Å². The largest absolute Gasteiger partial charge is 0.441 e. The molecule has 0 unspecified atom stereocenters. The molecule has 1 aromatic rings. The summed E-state index contributed by atoms with van der Waals surface area (Å²) in [6.45, 7) is 2.37. The van der Waals surface area contributed by atoms with Crippen LogP contribution in [0.2, 0.25) is 0 Å². The molecule has 0 spiro atoms. The zero-order chi connectivity index (χ0) is 17.2. The minimum atomic E-state index is -4.14. The number of amides is 1. The molecule has 8 nitrogen and oxygen atoms in total. The summed E-state index contributed by atoms with van der Waals surface area (Å²) in [6, 6.07) is 5.70. The van der Waals surface area contributed by atoms with Crippen LogP contribution in [0.25, 0.3) is 0 Å². The Bertz CT molecular complexity index is 716. The summed E-state index contributed by atoms with van der Waals surface area (Å²) < 4.78 is 36.6. The Kier molecular flexibility index (Phi) is 4.90. The number of methoxy groups -OCH3 is 1. The van der Waals surface area contributed by atoms with Crippen molar-refractivity contribution >= 4 is 27.8 Å². The molecule has 23 heavy (non-hydrogen) atoms. The quantitative estimate of drug-likeness (QED) is 0.733. The summed E-state index contributed by atoms with van der Waals surface area (Å²) in [7, 11) is -2.81. The fraction of sp³-hybridized carbons (Fsp3) is 0.429. The number of anilines is 1. The van der Waals surface area contributed by atoms with Crippen LogP contribution in [0.4, 0.5) is 5.69 Å². The van der Waals surface area contributed by atoms with E-state index in [2.05, 4.69) is 4.74 Å². The number of carbonyl (C=O) groups excluding carboxylic acids is 2. The van der Waals surface area contributed by atoms with Crippen LogP contribution in [0.15, 0.2) is 24.3 Å². The number of hydrogen-bond acceptors (Lipinski definition) is 6. The molecule has 1 aromatic carbocycles. The minimum Gasteiger partial charge on any atom is -0.441 e. The highest BCUT2D eigenvalue weighted by Crippen LogP contribution is 2.33. The van der Waals surface area contributed by atoms with E-state index in [1.54, 1.807) is 26.0 Å². The number of carbonyl (C=O) groups is 2. The molecule has 0 aromatic heterocycles. The number of esters is 1. The molecule has 126 valence electrons. The lowest BCUT2D eigenvalue weighted by Crippen LogP contribution is -2.54. The molecular formula is C14H18N2O6S. The second kappa shape index (κ2) is 6.55. The number of ether oxygens (including phenoxy) is 2. The molecule has 0 aliphatic carbocycles. The van der Waals surface area contributed by atoms with Crippen LogP contribution in [0.5, 0.6) is 0 Å². The van der Waals surface area contributed by atoms with Gasteiger partial charge in [0.05, 0.1) is 11.3 Å². The summed E-state index contributed by atoms with van der Waals surface area (Å²) in [4.78, 5) is 23.9. The molecule has 0 N–H and O–H groups in total. The van der Waals surface area contributed by atoms with Gasteiger partial charge in [0, 0.05) is 13.2 Å². The molecule has 0 bridgehead atoms. The molecular weight excluding hydrogens is 324 g/mol. The summed E-state index contributed by atoms with van der Waals surface area (Å²) in [5.41, 5.74) is 0.415. The van der Waals surface area contributed by atoms with Crippen molar-refractivity contribution in [1.29, 1.82) is 0 Å². The molecule has 1 amide bonds. The van der Waals surface area contributed by atoms with Gasteiger partial charge in [0.2, 0.25) is 0 Å². The first kappa shape index (κ1) is 17.2. The molecule has 0 radical (unpaired) electrons. The average Bonchev–Trinajstić information content (AvgIpc) is 2.46. The number of hydrogen-bond donors (Lipinski definition) is 0. The molecule has 1 aliphatic heterocycles. The van der Waals surface area contributed by atoms with Gasteiger partial charge in [0.1, 0.15) is 6.61 Å². The molecule has 0 atom stereocenters. The van der Waals surface area contributed by atoms with Gasteiger partial charge in [-0.15, -0.1) is 0 Å². The summed E-state index contributed by atoms with van der Waals surface area (Å²) in [5, 5.41) is 0. The Morgan fingerprint density at radius 2 is 1.91 bits per heavy atom. The zero-order valence-corrected chi connectivity index (χ0v) is 13.9. The fourth-order valence-corrected chi connectivity index (χ4v) is 3.90. The van der Waals surface area contributed by atoms with Crippen molar-refractivity contribution in [2.75, 3.05) is 24.8 Å². The standard InChI is InChI=1S/C14H18N2O6S/c1-10(2)16-14(18)11-6-4-5-7-12(11)15(23(16,19)20)9-22-13(17)8-21-3/h4-7,10H,8-9H2,1-3H3. The van der Waals surface area contributed by atoms with E-state index in [0.29, 0.717) is 0 Å². The van der Waals surface area contributed by atoms with Gasteiger partial charge in [-0.05, 0) is 26.0 Å². The van der Waals surface area contributed by atoms with Crippen molar-refractivity contribution in [1.82, 2.24) is 4.31 Å². The van der Waals surface area contributed by atoms with Gasteiger partial charge in [-0.1, -0.05) is 12.1 Å². The van der Waals surface area contributed by atoms with E-state index >= 15 is 0 Å². The van der Waals surface area contributed by atoms with Gasteiger partial charge >= 0.3 is 16.2 Å². The van der Waals surface area contributed by atoms with E-state index in [9.17, 15) is 18.0 Å². The van der Waals surface area contributed by atoms with Gasteiger partial charge in [0.15, 0.2) is 6.73 Å². The second-order valence-electron chi connectivity index (χ2n) is 5.15. The predicted molar refractivity (Wildman–Crippen MR) is 82.0 cm³/mol. The van der Waals surface area contributed by atoms with Crippen molar-refractivity contribution < 1.29 is 27.5 Å². The van der Waals surface area contributed by atoms with E-state index < -0.39 is 34.9 Å². The van der Waals surface area contributed by atoms with Gasteiger partial charge < -0.3 is 9.47 Å². The fourth-order valence-electron chi connectivity index (χ4n) is 2.25. The maximum Gasteiger partial charge on any atom is 0.333 e. The summed E-state index contributed by atoms with van der Waals surface area (Å²) in [5.74, 6) is -1.30. The van der Waals surface area contributed by atoms with E-state index in [0.717, 1.165) is 8.61 Å². The molecule has 2 rings (SSSR count).